The molecule has 2 aromatic heterocycles. The van der Waals surface area contributed by atoms with Crippen molar-refractivity contribution in [3.8, 4) is 22.9 Å². The molecule has 7 aromatic rings. The average molecular weight is 437 g/mol. The van der Waals surface area contributed by atoms with Gasteiger partial charge in [0.1, 0.15) is 0 Å². The summed E-state index contributed by atoms with van der Waals surface area (Å²) < 4.78 is 11.3. The van der Waals surface area contributed by atoms with E-state index >= 15 is 0 Å². The van der Waals surface area contributed by atoms with Crippen LogP contribution >= 0.6 is 0 Å². The first-order valence-electron chi connectivity index (χ1n) is 11.6. The fraction of sp³-hybridized carbons (Fsp3) is 0.0323. The zero-order chi connectivity index (χ0) is 22.4. The molecule has 0 radical (unpaired) electrons. The van der Waals surface area contributed by atoms with Gasteiger partial charge in [0.05, 0.1) is 27.8 Å². The van der Waals surface area contributed by atoms with E-state index in [1.54, 1.807) is 0 Å². The molecular weight excluding hydrogens is 416 g/mol. The van der Waals surface area contributed by atoms with Crippen LogP contribution in [0.1, 0.15) is 5.56 Å². The molecule has 3 heterocycles. The first-order valence-corrected chi connectivity index (χ1v) is 11.6. The maximum absolute atomic E-state index is 6.56. The second-order valence-corrected chi connectivity index (χ2v) is 9.11. The van der Waals surface area contributed by atoms with E-state index < -0.39 is 0 Å². The molecule has 0 saturated heterocycles. The van der Waals surface area contributed by atoms with Gasteiger partial charge in [0.15, 0.2) is 11.5 Å². The van der Waals surface area contributed by atoms with Crippen molar-refractivity contribution < 1.29 is 4.74 Å². The number of aromatic nitrogens is 2. The Balaban J connectivity index is 1.67. The van der Waals surface area contributed by atoms with Gasteiger partial charge in [-0.1, -0.05) is 60.7 Å². The van der Waals surface area contributed by atoms with E-state index in [4.69, 9.17) is 4.74 Å². The number of rotatable bonds is 1. The molecule has 3 heteroatoms. The van der Waals surface area contributed by atoms with Gasteiger partial charge < -0.3 is 13.9 Å². The lowest BCUT2D eigenvalue weighted by molar-refractivity contribution is 0.477. The summed E-state index contributed by atoms with van der Waals surface area (Å²) in [5.41, 5.74) is 8.20. The van der Waals surface area contributed by atoms with Gasteiger partial charge in [-0.3, -0.25) is 0 Å². The second kappa shape index (κ2) is 6.30. The van der Waals surface area contributed by atoms with Crippen LogP contribution in [-0.2, 0) is 0 Å². The molecule has 0 fully saturated rings. The topological polar surface area (TPSA) is 19.1 Å². The normalized spacial score (nSPS) is 12.5. The van der Waals surface area contributed by atoms with Gasteiger partial charge in [0.2, 0.25) is 0 Å². The van der Waals surface area contributed by atoms with Crippen LogP contribution in [0.15, 0.2) is 103 Å². The highest BCUT2D eigenvalue weighted by Crippen LogP contribution is 2.50. The van der Waals surface area contributed by atoms with Crippen molar-refractivity contribution in [1.82, 2.24) is 9.13 Å². The zero-order valence-corrected chi connectivity index (χ0v) is 18.6. The summed E-state index contributed by atoms with van der Waals surface area (Å²) in [6.45, 7) is 2.15. The highest BCUT2D eigenvalue weighted by Gasteiger charge is 2.27. The predicted molar refractivity (Wildman–Crippen MR) is 140 cm³/mol. The quantitative estimate of drug-likeness (QED) is 0.253. The Morgan fingerprint density at radius 2 is 1.26 bits per heavy atom. The highest BCUT2D eigenvalue weighted by atomic mass is 16.5. The van der Waals surface area contributed by atoms with E-state index in [1.165, 1.54) is 38.1 Å². The summed E-state index contributed by atoms with van der Waals surface area (Å²) >= 11 is 0. The third kappa shape index (κ3) is 2.16. The SMILES string of the molecule is Cc1cccc(-n2c3ccccc3c3c4c5ccccc5n5c4c(cc32)Oc2ccccc2-5)c1. The van der Waals surface area contributed by atoms with Crippen LogP contribution in [-0.4, -0.2) is 9.13 Å². The number of nitrogens with zero attached hydrogens (tertiary/aromatic N) is 2. The monoisotopic (exact) mass is 436 g/mol. The van der Waals surface area contributed by atoms with Gasteiger partial charge in [0.25, 0.3) is 0 Å². The number of benzene rings is 5. The molecule has 0 aliphatic carbocycles. The van der Waals surface area contributed by atoms with Crippen LogP contribution in [0.4, 0.5) is 0 Å². The minimum absolute atomic E-state index is 0.884. The number of aryl methyl sites for hydroxylation is 1. The Kier molecular flexibility index (Phi) is 3.33. The van der Waals surface area contributed by atoms with Gasteiger partial charge in [0, 0.05) is 33.3 Å². The molecule has 5 aromatic carbocycles. The summed E-state index contributed by atoms with van der Waals surface area (Å²) in [6.07, 6.45) is 0. The maximum Gasteiger partial charge on any atom is 0.154 e. The van der Waals surface area contributed by atoms with Crippen molar-refractivity contribution in [2.75, 3.05) is 0 Å². The van der Waals surface area contributed by atoms with Crippen molar-refractivity contribution in [3.05, 3.63) is 109 Å². The van der Waals surface area contributed by atoms with E-state index in [0.717, 1.165) is 33.9 Å². The Bertz CT molecular complexity index is 1950. The van der Waals surface area contributed by atoms with Crippen molar-refractivity contribution in [3.63, 3.8) is 0 Å². The summed E-state index contributed by atoms with van der Waals surface area (Å²) in [4.78, 5) is 0. The van der Waals surface area contributed by atoms with E-state index in [9.17, 15) is 0 Å². The van der Waals surface area contributed by atoms with Gasteiger partial charge in [-0.05, 0) is 48.9 Å². The third-order valence-corrected chi connectivity index (χ3v) is 7.12. The molecular formula is C31H20N2O. The molecule has 0 atom stereocenters. The van der Waals surface area contributed by atoms with Crippen LogP contribution in [0, 0.1) is 6.92 Å². The van der Waals surface area contributed by atoms with E-state index in [0.29, 0.717) is 0 Å². The fourth-order valence-electron chi connectivity index (χ4n) is 5.80. The molecule has 0 N–H and O–H groups in total. The molecule has 0 saturated carbocycles. The van der Waals surface area contributed by atoms with E-state index in [2.05, 4.69) is 113 Å². The van der Waals surface area contributed by atoms with Crippen molar-refractivity contribution >= 4 is 43.6 Å². The summed E-state index contributed by atoms with van der Waals surface area (Å²) in [7, 11) is 0. The number of hydrogen-bond acceptors (Lipinski definition) is 1. The molecule has 1 aliphatic heterocycles. The summed E-state index contributed by atoms with van der Waals surface area (Å²) in [6, 6.07) is 36.7. The Hall–Kier alpha value is -4.50. The molecule has 34 heavy (non-hydrogen) atoms. The van der Waals surface area contributed by atoms with Crippen LogP contribution in [0.25, 0.3) is 55.0 Å². The second-order valence-electron chi connectivity index (χ2n) is 9.11. The van der Waals surface area contributed by atoms with Gasteiger partial charge >= 0.3 is 0 Å². The molecule has 3 nitrogen and oxygen atoms in total. The van der Waals surface area contributed by atoms with E-state index in [1.807, 2.05) is 6.07 Å². The van der Waals surface area contributed by atoms with Gasteiger partial charge in [-0.2, -0.15) is 0 Å². The van der Waals surface area contributed by atoms with E-state index in [-0.39, 0.29) is 0 Å². The lowest BCUT2D eigenvalue weighted by atomic mass is 10.0. The highest BCUT2D eigenvalue weighted by molar-refractivity contribution is 6.30. The van der Waals surface area contributed by atoms with Crippen LogP contribution in [0.5, 0.6) is 11.5 Å². The molecule has 0 bridgehead atoms. The number of ether oxygens (including phenoxy) is 1. The lowest BCUT2D eigenvalue weighted by Crippen LogP contribution is -2.04. The fourth-order valence-corrected chi connectivity index (χ4v) is 5.80. The first-order chi connectivity index (χ1) is 16.8. The summed E-state index contributed by atoms with van der Waals surface area (Å²) in [5.74, 6) is 1.78. The molecule has 0 spiro atoms. The lowest BCUT2D eigenvalue weighted by Gasteiger charge is -2.21. The predicted octanol–water partition coefficient (Wildman–Crippen LogP) is 8.29. The average Bonchev–Trinajstić information content (AvgIpc) is 3.38. The number of para-hydroxylation sites is 4. The number of hydrogen-bond donors (Lipinski definition) is 0. The summed E-state index contributed by atoms with van der Waals surface area (Å²) in [5, 5.41) is 5.03. The number of fused-ring (bicyclic) bond motifs is 9. The standard InChI is InChI=1S/C31H20N2O/c1-19-9-8-10-20(17-19)32-23-13-4-2-11-21(23)29-26(32)18-28-31-30(29)22-12-3-5-14-24(22)33(31)25-15-6-7-16-27(25)34-28/h2-18H,1H3. The maximum atomic E-state index is 6.56. The van der Waals surface area contributed by atoms with Crippen LogP contribution in [0.2, 0.25) is 0 Å². The molecule has 0 unspecified atom stereocenters. The zero-order valence-electron chi connectivity index (χ0n) is 18.6. The Labute approximate surface area is 196 Å². The van der Waals surface area contributed by atoms with Gasteiger partial charge in [-0.15, -0.1) is 0 Å². The van der Waals surface area contributed by atoms with Crippen molar-refractivity contribution in [2.24, 2.45) is 0 Å². The minimum atomic E-state index is 0.884. The minimum Gasteiger partial charge on any atom is -0.453 e. The first kappa shape index (κ1) is 18.0. The Morgan fingerprint density at radius 3 is 2.09 bits per heavy atom. The van der Waals surface area contributed by atoms with Crippen LogP contribution in [0.3, 0.4) is 0 Å². The molecule has 160 valence electrons. The van der Waals surface area contributed by atoms with Gasteiger partial charge in [-0.25, -0.2) is 0 Å². The molecule has 0 amide bonds. The van der Waals surface area contributed by atoms with Crippen molar-refractivity contribution in [1.29, 1.82) is 0 Å². The van der Waals surface area contributed by atoms with Crippen LogP contribution < -0.4 is 4.74 Å². The largest absolute Gasteiger partial charge is 0.453 e. The van der Waals surface area contributed by atoms with Crippen molar-refractivity contribution in [2.45, 2.75) is 6.92 Å². The Morgan fingerprint density at radius 1 is 0.559 bits per heavy atom. The molecule has 1 aliphatic rings. The third-order valence-electron chi connectivity index (χ3n) is 7.12. The smallest absolute Gasteiger partial charge is 0.154 e. The molecule has 8 rings (SSSR count).